The van der Waals surface area contributed by atoms with E-state index in [1.807, 2.05) is 43.3 Å². The summed E-state index contributed by atoms with van der Waals surface area (Å²) >= 11 is 0. The van der Waals surface area contributed by atoms with Crippen molar-refractivity contribution in [1.29, 1.82) is 0 Å². The molecular formula is C27H27N3O3S. The lowest BCUT2D eigenvalue weighted by Crippen LogP contribution is -2.36. The molecular weight excluding hydrogens is 446 g/mol. The standard InChI is InChI=1S/C27H27N3O3S/c1-19-8-7-9-20(16-19)18-28-27(31)21-12-13-25-23(17-21)29-26(30-14-5-2-6-15-30)22-10-3-4-11-24(22)34(25,32)33/h3-4,7-13,16-17H,2,5-6,14-15,18H2,1H3,(H,28,31). The molecule has 0 spiro atoms. The molecule has 7 heteroatoms. The van der Waals surface area contributed by atoms with Crippen molar-refractivity contribution in [3.63, 3.8) is 0 Å². The van der Waals surface area contributed by atoms with E-state index in [4.69, 9.17) is 4.99 Å². The first-order valence-electron chi connectivity index (χ1n) is 11.6. The Kier molecular flexibility index (Phi) is 5.96. The average molecular weight is 474 g/mol. The van der Waals surface area contributed by atoms with Gasteiger partial charge in [0.15, 0.2) is 0 Å². The quantitative estimate of drug-likeness (QED) is 0.601. The third-order valence-electron chi connectivity index (χ3n) is 6.35. The maximum absolute atomic E-state index is 13.6. The van der Waals surface area contributed by atoms with Crippen LogP contribution in [0.4, 0.5) is 5.69 Å². The number of amidine groups is 1. The summed E-state index contributed by atoms with van der Waals surface area (Å²) in [6.07, 6.45) is 3.25. The Balaban J connectivity index is 1.53. The molecule has 1 saturated heterocycles. The number of carbonyl (C=O) groups is 1. The SMILES string of the molecule is Cc1cccc(CNC(=O)c2ccc3c(c2)N=C(N2CCCCC2)c2ccccc2S3(=O)=O)c1. The van der Waals surface area contributed by atoms with Crippen LogP contribution in [0.2, 0.25) is 0 Å². The van der Waals surface area contributed by atoms with E-state index in [9.17, 15) is 13.2 Å². The van der Waals surface area contributed by atoms with E-state index < -0.39 is 9.84 Å². The summed E-state index contributed by atoms with van der Waals surface area (Å²) in [7, 11) is -3.78. The maximum atomic E-state index is 13.6. The van der Waals surface area contributed by atoms with Crippen LogP contribution in [0, 0.1) is 6.92 Å². The van der Waals surface area contributed by atoms with E-state index >= 15 is 0 Å². The number of fused-ring (bicyclic) bond motifs is 2. The molecule has 2 heterocycles. The lowest BCUT2D eigenvalue weighted by molar-refractivity contribution is 0.0951. The Morgan fingerprint density at radius 1 is 0.941 bits per heavy atom. The Labute approximate surface area is 200 Å². The molecule has 0 saturated carbocycles. The Morgan fingerprint density at radius 3 is 2.53 bits per heavy atom. The number of likely N-dealkylation sites (tertiary alicyclic amines) is 1. The van der Waals surface area contributed by atoms with Crippen LogP contribution in [0.3, 0.4) is 0 Å². The number of nitrogens with zero attached hydrogens (tertiary/aromatic N) is 2. The lowest BCUT2D eigenvalue weighted by Gasteiger charge is -2.30. The van der Waals surface area contributed by atoms with E-state index in [1.54, 1.807) is 24.3 Å². The molecule has 0 aliphatic carbocycles. The minimum absolute atomic E-state index is 0.127. The van der Waals surface area contributed by atoms with Crippen LogP contribution in [0.25, 0.3) is 0 Å². The van der Waals surface area contributed by atoms with Crippen molar-refractivity contribution in [2.75, 3.05) is 13.1 Å². The van der Waals surface area contributed by atoms with Crippen LogP contribution in [0.15, 0.2) is 81.5 Å². The van der Waals surface area contributed by atoms with Crippen molar-refractivity contribution in [2.45, 2.75) is 42.5 Å². The molecule has 0 bridgehead atoms. The van der Waals surface area contributed by atoms with Gasteiger partial charge in [0.1, 0.15) is 5.84 Å². The van der Waals surface area contributed by atoms with Gasteiger partial charge >= 0.3 is 0 Å². The number of benzene rings is 3. The van der Waals surface area contributed by atoms with Gasteiger partial charge in [-0.05, 0) is 62.1 Å². The predicted octanol–water partition coefficient (Wildman–Crippen LogP) is 4.64. The van der Waals surface area contributed by atoms with Gasteiger partial charge in [0.05, 0.1) is 15.5 Å². The second-order valence-electron chi connectivity index (χ2n) is 8.84. The summed E-state index contributed by atoms with van der Waals surface area (Å²) < 4.78 is 27.2. The first-order valence-corrected chi connectivity index (χ1v) is 13.1. The molecule has 0 unspecified atom stereocenters. The summed E-state index contributed by atoms with van der Waals surface area (Å²) in [5, 5.41) is 2.93. The highest BCUT2D eigenvalue weighted by molar-refractivity contribution is 7.91. The monoisotopic (exact) mass is 473 g/mol. The Bertz CT molecular complexity index is 1390. The van der Waals surface area contributed by atoms with Crippen LogP contribution in [-0.2, 0) is 16.4 Å². The summed E-state index contributed by atoms with van der Waals surface area (Å²) in [6.45, 7) is 4.07. The number of nitrogens with one attached hydrogen (secondary N) is 1. The van der Waals surface area contributed by atoms with Crippen molar-refractivity contribution in [3.8, 4) is 0 Å². The van der Waals surface area contributed by atoms with Crippen LogP contribution in [-0.4, -0.2) is 38.2 Å². The predicted molar refractivity (Wildman–Crippen MR) is 132 cm³/mol. The number of carbonyl (C=O) groups excluding carboxylic acids is 1. The van der Waals surface area contributed by atoms with E-state index in [0.717, 1.165) is 43.5 Å². The third-order valence-corrected chi connectivity index (χ3v) is 8.20. The van der Waals surface area contributed by atoms with Crippen molar-refractivity contribution in [2.24, 2.45) is 4.99 Å². The summed E-state index contributed by atoms with van der Waals surface area (Å²) in [6, 6.07) is 19.7. The molecule has 34 heavy (non-hydrogen) atoms. The summed E-state index contributed by atoms with van der Waals surface area (Å²) in [5.74, 6) is 0.396. The highest BCUT2D eigenvalue weighted by Gasteiger charge is 2.32. The zero-order valence-corrected chi connectivity index (χ0v) is 19.9. The van der Waals surface area contributed by atoms with E-state index in [0.29, 0.717) is 29.2 Å². The van der Waals surface area contributed by atoms with Gasteiger partial charge in [0.2, 0.25) is 9.84 Å². The number of piperidine rings is 1. The normalized spacial score (nSPS) is 16.6. The van der Waals surface area contributed by atoms with Gasteiger partial charge in [0, 0.05) is 30.8 Å². The smallest absolute Gasteiger partial charge is 0.251 e. The molecule has 0 atom stereocenters. The van der Waals surface area contributed by atoms with Crippen LogP contribution < -0.4 is 5.32 Å². The first kappa shape index (κ1) is 22.3. The number of hydrogen-bond donors (Lipinski definition) is 1. The van der Waals surface area contributed by atoms with E-state index in [1.165, 1.54) is 6.07 Å². The van der Waals surface area contributed by atoms with Gasteiger partial charge in [-0.25, -0.2) is 13.4 Å². The lowest BCUT2D eigenvalue weighted by atomic mass is 10.1. The Hall–Kier alpha value is -3.45. The Morgan fingerprint density at radius 2 is 1.74 bits per heavy atom. The molecule has 6 nitrogen and oxygen atoms in total. The largest absolute Gasteiger partial charge is 0.356 e. The molecule has 0 radical (unpaired) electrons. The minimum Gasteiger partial charge on any atom is -0.356 e. The molecule has 3 aromatic carbocycles. The highest BCUT2D eigenvalue weighted by Crippen LogP contribution is 2.37. The van der Waals surface area contributed by atoms with Crippen molar-refractivity contribution < 1.29 is 13.2 Å². The molecule has 1 fully saturated rings. The fraction of sp³-hybridized carbons (Fsp3) is 0.259. The molecule has 2 aliphatic heterocycles. The fourth-order valence-electron chi connectivity index (χ4n) is 4.60. The van der Waals surface area contributed by atoms with E-state index in [2.05, 4.69) is 10.2 Å². The number of rotatable bonds is 3. The second kappa shape index (κ2) is 9.06. The summed E-state index contributed by atoms with van der Waals surface area (Å²) in [4.78, 5) is 20.3. The van der Waals surface area contributed by atoms with E-state index in [-0.39, 0.29) is 15.7 Å². The molecule has 1 N–H and O–H groups in total. The zero-order chi connectivity index (χ0) is 23.7. The summed E-state index contributed by atoms with van der Waals surface area (Å²) in [5.41, 5.74) is 3.44. The topological polar surface area (TPSA) is 78.8 Å². The van der Waals surface area contributed by atoms with Gasteiger partial charge in [-0.2, -0.15) is 0 Å². The number of sulfone groups is 1. The third kappa shape index (κ3) is 4.23. The van der Waals surface area contributed by atoms with Crippen molar-refractivity contribution in [3.05, 3.63) is 89.0 Å². The number of hydrogen-bond acceptors (Lipinski definition) is 5. The minimum atomic E-state index is -3.78. The van der Waals surface area contributed by atoms with Crippen molar-refractivity contribution >= 4 is 27.3 Å². The maximum Gasteiger partial charge on any atom is 0.251 e. The molecule has 3 aromatic rings. The number of amides is 1. The van der Waals surface area contributed by atoms with Crippen molar-refractivity contribution in [1.82, 2.24) is 10.2 Å². The van der Waals surface area contributed by atoms with Crippen LogP contribution >= 0.6 is 0 Å². The van der Waals surface area contributed by atoms with Gasteiger partial charge in [0.25, 0.3) is 5.91 Å². The van der Waals surface area contributed by atoms with Gasteiger partial charge in [-0.15, -0.1) is 0 Å². The molecule has 1 amide bonds. The molecule has 2 aliphatic rings. The highest BCUT2D eigenvalue weighted by atomic mass is 32.2. The van der Waals surface area contributed by atoms with Gasteiger partial charge in [-0.1, -0.05) is 42.0 Å². The van der Waals surface area contributed by atoms with Gasteiger partial charge in [-0.3, -0.25) is 4.79 Å². The fourth-order valence-corrected chi connectivity index (χ4v) is 6.18. The average Bonchev–Trinajstić information content (AvgIpc) is 2.95. The van der Waals surface area contributed by atoms with Crippen LogP contribution in [0.5, 0.6) is 0 Å². The van der Waals surface area contributed by atoms with Gasteiger partial charge < -0.3 is 10.2 Å². The zero-order valence-electron chi connectivity index (χ0n) is 19.1. The first-order chi connectivity index (χ1) is 16.4. The number of aliphatic imine (C=N–C) groups is 1. The second-order valence-corrected chi connectivity index (χ2v) is 10.7. The number of aryl methyl sites for hydroxylation is 1. The molecule has 0 aromatic heterocycles. The molecule has 174 valence electrons. The van der Waals surface area contributed by atoms with Crippen LogP contribution in [0.1, 0.15) is 46.3 Å². The molecule has 5 rings (SSSR count).